The van der Waals surface area contributed by atoms with E-state index in [1.54, 1.807) is 23.7 Å². The number of benzene rings is 1. The first-order chi connectivity index (χ1) is 13.3. The van der Waals surface area contributed by atoms with E-state index in [4.69, 9.17) is 0 Å². The van der Waals surface area contributed by atoms with E-state index in [2.05, 4.69) is 32.3 Å². The lowest BCUT2D eigenvalue weighted by molar-refractivity contribution is -0.125. The molecule has 1 aromatic carbocycles. The third kappa shape index (κ3) is 4.40. The Morgan fingerprint density at radius 1 is 1.19 bits per heavy atom. The van der Waals surface area contributed by atoms with Crippen LogP contribution in [0.1, 0.15) is 23.4 Å². The molecule has 1 atom stereocenters. The molecule has 0 aliphatic carbocycles. The van der Waals surface area contributed by atoms with Gasteiger partial charge in [-0.25, -0.2) is 4.98 Å². The van der Waals surface area contributed by atoms with Crippen LogP contribution in [0.15, 0.2) is 60.2 Å². The second-order valence-electron chi connectivity index (χ2n) is 6.69. The zero-order chi connectivity index (χ0) is 18.5. The highest BCUT2D eigenvalue weighted by Gasteiger charge is 2.30. The molecule has 1 unspecified atom stereocenters. The minimum Gasteiger partial charge on any atom is -0.348 e. The van der Waals surface area contributed by atoms with Gasteiger partial charge in [-0.15, -0.1) is 11.3 Å². The minimum atomic E-state index is -0.0511. The van der Waals surface area contributed by atoms with Crippen LogP contribution in [0.4, 0.5) is 0 Å². The number of aromatic nitrogens is 2. The van der Waals surface area contributed by atoms with Crippen molar-refractivity contribution >= 4 is 17.2 Å². The molecule has 1 fully saturated rings. The van der Waals surface area contributed by atoms with E-state index in [0.717, 1.165) is 42.2 Å². The van der Waals surface area contributed by atoms with Crippen molar-refractivity contribution in [3.63, 3.8) is 0 Å². The summed E-state index contributed by atoms with van der Waals surface area (Å²) < 4.78 is 0. The maximum Gasteiger partial charge on any atom is 0.237 e. The Balaban J connectivity index is 1.34. The fraction of sp³-hybridized carbons (Fsp3) is 0.286. The number of thiazole rings is 1. The number of amides is 1. The summed E-state index contributed by atoms with van der Waals surface area (Å²) in [7, 11) is 0. The maximum atomic E-state index is 12.7. The second-order valence-corrected chi connectivity index (χ2v) is 7.64. The predicted molar refractivity (Wildman–Crippen MR) is 107 cm³/mol. The van der Waals surface area contributed by atoms with Gasteiger partial charge in [-0.1, -0.05) is 30.3 Å². The SMILES string of the molecule is O=C(NCc1nc(-c2ccncc2)cs1)C1CCCN1Cc1ccccc1. The van der Waals surface area contributed by atoms with Gasteiger partial charge in [0, 0.05) is 29.9 Å². The Morgan fingerprint density at radius 2 is 2.00 bits per heavy atom. The van der Waals surface area contributed by atoms with Crippen molar-refractivity contribution in [3.8, 4) is 11.3 Å². The van der Waals surface area contributed by atoms with Gasteiger partial charge in [-0.2, -0.15) is 0 Å². The summed E-state index contributed by atoms with van der Waals surface area (Å²) in [6.07, 6.45) is 5.50. The monoisotopic (exact) mass is 378 g/mol. The van der Waals surface area contributed by atoms with Crippen LogP contribution < -0.4 is 5.32 Å². The maximum absolute atomic E-state index is 12.7. The molecule has 1 aliphatic rings. The molecule has 27 heavy (non-hydrogen) atoms. The summed E-state index contributed by atoms with van der Waals surface area (Å²) in [6.45, 7) is 2.27. The molecule has 138 valence electrons. The lowest BCUT2D eigenvalue weighted by Crippen LogP contribution is -2.42. The van der Waals surface area contributed by atoms with E-state index in [1.165, 1.54) is 5.56 Å². The van der Waals surface area contributed by atoms with Gasteiger partial charge in [-0.05, 0) is 37.1 Å². The highest BCUT2D eigenvalue weighted by Crippen LogP contribution is 2.22. The molecule has 5 nitrogen and oxygen atoms in total. The van der Waals surface area contributed by atoms with Crippen LogP contribution in [0.2, 0.25) is 0 Å². The molecule has 1 saturated heterocycles. The Bertz CT molecular complexity index is 881. The van der Waals surface area contributed by atoms with Crippen molar-refractivity contribution in [1.29, 1.82) is 0 Å². The highest BCUT2D eigenvalue weighted by molar-refractivity contribution is 7.09. The average Bonchev–Trinajstić information content (AvgIpc) is 3.37. The van der Waals surface area contributed by atoms with Gasteiger partial charge in [0.25, 0.3) is 0 Å². The molecule has 2 aromatic heterocycles. The van der Waals surface area contributed by atoms with Gasteiger partial charge >= 0.3 is 0 Å². The van der Waals surface area contributed by atoms with Gasteiger partial charge in [-0.3, -0.25) is 14.7 Å². The molecule has 1 amide bonds. The molecule has 0 saturated carbocycles. The van der Waals surface area contributed by atoms with Crippen LogP contribution in [0.3, 0.4) is 0 Å². The summed E-state index contributed by atoms with van der Waals surface area (Å²) in [5.74, 6) is 0.101. The molecular weight excluding hydrogens is 356 g/mol. The molecule has 4 rings (SSSR count). The van der Waals surface area contributed by atoms with Crippen molar-refractivity contribution in [3.05, 3.63) is 70.8 Å². The first kappa shape index (κ1) is 17.8. The van der Waals surface area contributed by atoms with E-state index in [0.29, 0.717) is 6.54 Å². The van der Waals surface area contributed by atoms with E-state index in [1.807, 2.05) is 35.7 Å². The van der Waals surface area contributed by atoms with Gasteiger partial charge in [0.15, 0.2) is 0 Å². The van der Waals surface area contributed by atoms with Crippen molar-refractivity contribution < 1.29 is 4.79 Å². The first-order valence-corrected chi connectivity index (χ1v) is 10.1. The van der Waals surface area contributed by atoms with Crippen LogP contribution in [0, 0.1) is 0 Å². The standard InChI is InChI=1S/C21H22N4OS/c26-21(19-7-4-12-25(19)14-16-5-2-1-3-6-16)23-13-20-24-18(15-27-20)17-8-10-22-11-9-17/h1-3,5-6,8-11,15,19H,4,7,12-14H2,(H,23,26). The third-order valence-electron chi connectivity index (χ3n) is 4.84. The van der Waals surface area contributed by atoms with Crippen molar-refractivity contribution in [2.45, 2.75) is 32.0 Å². The predicted octanol–water partition coefficient (Wildman–Crippen LogP) is 3.49. The normalized spacial score (nSPS) is 17.1. The smallest absolute Gasteiger partial charge is 0.237 e. The molecule has 3 aromatic rings. The summed E-state index contributed by atoms with van der Waals surface area (Å²) in [6, 6.07) is 14.2. The number of nitrogens with one attached hydrogen (secondary N) is 1. The average molecular weight is 379 g/mol. The van der Waals surface area contributed by atoms with Crippen LogP contribution in [0.25, 0.3) is 11.3 Å². The van der Waals surface area contributed by atoms with Gasteiger partial charge in [0.2, 0.25) is 5.91 Å². The van der Waals surface area contributed by atoms with Crippen molar-refractivity contribution in [2.24, 2.45) is 0 Å². The van der Waals surface area contributed by atoms with Gasteiger partial charge < -0.3 is 5.32 Å². The fourth-order valence-corrected chi connectivity index (χ4v) is 4.20. The number of nitrogens with zero attached hydrogens (tertiary/aromatic N) is 3. The van der Waals surface area contributed by atoms with E-state index >= 15 is 0 Å². The lowest BCUT2D eigenvalue weighted by atomic mass is 10.1. The topological polar surface area (TPSA) is 58.1 Å². The zero-order valence-corrected chi connectivity index (χ0v) is 15.9. The fourth-order valence-electron chi connectivity index (χ4n) is 3.46. The van der Waals surface area contributed by atoms with Crippen LogP contribution in [-0.2, 0) is 17.9 Å². The summed E-state index contributed by atoms with van der Waals surface area (Å²) in [4.78, 5) is 23.6. The first-order valence-electron chi connectivity index (χ1n) is 9.20. The van der Waals surface area contributed by atoms with E-state index in [-0.39, 0.29) is 11.9 Å². The molecule has 0 bridgehead atoms. The highest BCUT2D eigenvalue weighted by atomic mass is 32.1. The number of carbonyl (C=O) groups is 1. The molecule has 6 heteroatoms. The lowest BCUT2D eigenvalue weighted by Gasteiger charge is -2.23. The summed E-state index contributed by atoms with van der Waals surface area (Å²) >= 11 is 1.57. The Morgan fingerprint density at radius 3 is 2.81 bits per heavy atom. The van der Waals surface area contributed by atoms with Gasteiger partial charge in [0.1, 0.15) is 5.01 Å². The Hall–Kier alpha value is -2.57. The van der Waals surface area contributed by atoms with Crippen LogP contribution >= 0.6 is 11.3 Å². The van der Waals surface area contributed by atoms with Crippen LogP contribution in [-0.4, -0.2) is 33.4 Å². The molecule has 0 radical (unpaired) electrons. The number of rotatable bonds is 6. The number of pyridine rings is 1. The summed E-state index contributed by atoms with van der Waals surface area (Å²) in [5.41, 5.74) is 3.22. The second kappa shape index (κ2) is 8.41. The van der Waals surface area contributed by atoms with Crippen molar-refractivity contribution in [1.82, 2.24) is 20.2 Å². The third-order valence-corrected chi connectivity index (χ3v) is 5.69. The quantitative estimate of drug-likeness (QED) is 0.713. The molecule has 3 heterocycles. The summed E-state index contributed by atoms with van der Waals surface area (Å²) in [5, 5.41) is 6.02. The van der Waals surface area contributed by atoms with Crippen molar-refractivity contribution in [2.75, 3.05) is 6.54 Å². The minimum absolute atomic E-state index is 0.0511. The number of hydrogen-bond acceptors (Lipinski definition) is 5. The van der Waals surface area contributed by atoms with E-state index < -0.39 is 0 Å². The number of hydrogen-bond donors (Lipinski definition) is 1. The molecule has 0 spiro atoms. The largest absolute Gasteiger partial charge is 0.348 e. The molecular formula is C21H22N4OS. The Labute approximate surface area is 163 Å². The zero-order valence-electron chi connectivity index (χ0n) is 15.0. The Kier molecular flexibility index (Phi) is 5.55. The molecule has 1 N–H and O–H groups in total. The van der Waals surface area contributed by atoms with E-state index in [9.17, 15) is 4.79 Å². The van der Waals surface area contributed by atoms with Crippen LogP contribution in [0.5, 0.6) is 0 Å². The van der Waals surface area contributed by atoms with Gasteiger partial charge in [0.05, 0.1) is 18.3 Å². The number of carbonyl (C=O) groups excluding carboxylic acids is 1. The molecule has 1 aliphatic heterocycles. The number of likely N-dealkylation sites (tertiary alicyclic amines) is 1.